The molecule has 0 spiro atoms. The van der Waals surface area contributed by atoms with Crippen molar-refractivity contribution < 1.29 is 15.0 Å². The summed E-state index contributed by atoms with van der Waals surface area (Å²) in [6, 6.07) is 0.148. The maximum atomic E-state index is 12.1. The summed E-state index contributed by atoms with van der Waals surface area (Å²) >= 11 is 1.95. The molecule has 0 aliphatic carbocycles. The number of thioether (sulfide) groups is 1. The maximum Gasteiger partial charge on any atom is 0.220 e. The third-order valence-corrected chi connectivity index (χ3v) is 8.47. The van der Waals surface area contributed by atoms with E-state index in [1.807, 2.05) is 18.0 Å². The summed E-state index contributed by atoms with van der Waals surface area (Å²) in [6.07, 6.45) is 8.81. The first-order valence-electron chi connectivity index (χ1n) is 12.5. The van der Waals surface area contributed by atoms with E-state index >= 15 is 0 Å². The predicted octanol–water partition coefficient (Wildman–Crippen LogP) is 3.64. The highest BCUT2D eigenvalue weighted by Crippen LogP contribution is 2.31. The Morgan fingerprint density at radius 3 is 2.25 bits per heavy atom. The van der Waals surface area contributed by atoms with E-state index in [4.69, 9.17) is 0 Å². The molecule has 0 radical (unpaired) electrons. The monoisotopic (exact) mass is 473 g/mol. The quantitative estimate of drug-likeness (QED) is 0.202. The van der Waals surface area contributed by atoms with E-state index in [0.29, 0.717) is 36.1 Å². The van der Waals surface area contributed by atoms with Gasteiger partial charge in [0.15, 0.2) is 0 Å². The molecule has 0 aromatic heterocycles. The van der Waals surface area contributed by atoms with Gasteiger partial charge in [0, 0.05) is 49.1 Å². The topological polar surface area (TPSA) is 84.8 Å². The van der Waals surface area contributed by atoms with Gasteiger partial charge in [-0.2, -0.15) is 11.8 Å². The van der Waals surface area contributed by atoms with Crippen LogP contribution in [0.3, 0.4) is 0 Å². The summed E-state index contributed by atoms with van der Waals surface area (Å²) < 4.78 is 0.315. The van der Waals surface area contributed by atoms with Gasteiger partial charge in [-0.1, -0.05) is 54.0 Å². The number of amides is 1. The van der Waals surface area contributed by atoms with Crippen LogP contribution >= 0.6 is 11.8 Å². The van der Waals surface area contributed by atoms with Crippen LogP contribution in [0.4, 0.5) is 0 Å². The van der Waals surface area contributed by atoms with Crippen molar-refractivity contribution >= 4 is 17.7 Å². The molecule has 0 heterocycles. The Kier molecular flexibility index (Phi) is 18.2. The normalized spacial score (nSPS) is 15.2. The lowest BCUT2D eigenvalue weighted by atomic mass is 9.86. The van der Waals surface area contributed by atoms with Crippen molar-refractivity contribution in [1.82, 2.24) is 15.5 Å². The highest BCUT2D eigenvalue weighted by Gasteiger charge is 2.25. The highest BCUT2D eigenvalue weighted by molar-refractivity contribution is 8.00. The second-order valence-electron chi connectivity index (χ2n) is 8.99. The molecule has 3 atom stereocenters. The summed E-state index contributed by atoms with van der Waals surface area (Å²) in [5.41, 5.74) is 0. The molecular weight excluding hydrogens is 422 g/mol. The first-order chi connectivity index (χ1) is 15.3. The second kappa shape index (κ2) is 18.6. The van der Waals surface area contributed by atoms with Crippen LogP contribution in [-0.4, -0.2) is 77.0 Å². The number of hydrogen-bond donors (Lipinski definition) is 4. The molecule has 1 amide bonds. The molecule has 190 valence electrons. The zero-order valence-corrected chi connectivity index (χ0v) is 22.3. The molecule has 1 unspecified atom stereocenters. The number of nitrogens with zero attached hydrogens (tertiary/aromatic N) is 1. The van der Waals surface area contributed by atoms with Crippen LogP contribution in [-0.2, 0) is 4.79 Å². The summed E-state index contributed by atoms with van der Waals surface area (Å²) in [5.74, 6) is 2.02. The van der Waals surface area contributed by atoms with Gasteiger partial charge >= 0.3 is 0 Å². The molecule has 0 aromatic rings. The zero-order valence-electron chi connectivity index (χ0n) is 21.5. The van der Waals surface area contributed by atoms with Gasteiger partial charge < -0.3 is 20.8 Å². The lowest BCUT2D eigenvalue weighted by Gasteiger charge is -2.35. The molecule has 4 N–H and O–H groups in total. The van der Waals surface area contributed by atoms with Crippen LogP contribution in [0.1, 0.15) is 73.6 Å². The number of carbonyl (C=O) groups is 1. The Morgan fingerprint density at radius 2 is 1.72 bits per heavy atom. The maximum absolute atomic E-state index is 12.1. The van der Waals surface area contributed by atoms with E-state index in [9.17, 15) is 15.0 Å². The minimum absolute atomic E-state index is 0.0781. The van der Waals surface area contributed by atoms with E-state index in [1.54, 1.807) is 0 Å². The zero-order chi connectivity index (χ0) is 24.4. The summed E-state index contributed by atoms with van der Waals surface area (Å²) in [7, 11) is 0. The SMILES string of the molecule is CC[C@@H](C)[C@@H](C)C(C=CNCCCC(=O)NCCSC(C)(CC)CC)N(CCO)CCO. The molecule has 0 saturated carbocycles. The van der Waals surface area contributed by atoms with Crippen LogP contribution < -0.4 is 10.6 Å². The number of nitrogens with one attached hydrogen (secondary N) is 2. The molecule has 32 heavy (non-hydrogen) atoms. The van der Waals surface area contributed by atoms with Gasteiger partial charge in [0.25, 0.3) is 0 Å². The van der Waals surface area contributed by atoms with Crippen molar-refractivity contribution in [2.45, 2.75) is 84.4 Å². The lowest BCUT2D eigenvalue weighted by Crippen LogP contribution is -2.43. The Labute approximate surface area is 202 Å². The standard InChI is InChI=1S/C25H51N3O3S/c1-7-21(4)22(5)23(28(16-18-29)17-19-30)12-14-26-13-10-11-24(31)27-15-20-32-25(6,8-2)9-3/h12,14,21-23,26,29-30H,7-11,13,15-20H2,1-6H3,(H,27,31)/t21-,22-,23?/m1/s1. The smallest absolute Gasteiger partial charge is 0.220 e. The van der Waals surface area contributed by atoms with Gasteiger partial charge in [-0.15, -0.1) is 0 Å². The number of rotatable bonds is 20. The van der Waals surface area contributed by atoms with Crippen LogP contribution in [0.5, 0.6) is 0 Å². The van der Waals surface area contributed by atoms with Gasteiger partial charge in [-0.05, 0) is 37.3 Å². The van der Waals surface area contributed by atoms with E-state index < -0.39 is 0 Å². The minimum Gasteiger partial charge on any atom is -0.395 e. The van der Waals surface area contributed by atoms with Crippen molar-refractivity contribution in [1.29, 1.82) is 0 Å². The summed E-state index contributed by atoms with van der Waals surface area (Å²) in [5, 5.41) is 25.2. The molecule has 7 heteroatoms. The Balaban J connectivity index is 4.38. The average molecular weight is 474 g/mol. The van der Waals surface area contributed by atoms with Gasteiger partial charge in [0.05, 0.1) is 13.2 Å². The van der Waals surface area contributed by atoms with Crippen molar-refractivity contribution in [2.75, 3.05) is 45.1 Å². The van der Waals surface area contributed by atoms with E-state index in [0.717, 1.165) is 44.5 Å². The average Bonchev–Trinajstić information content (AvgIpc) is 2.80. The molecule has 0 aromatic carbocycles. The van der Waals surface area contributed by atoms with Crippen LogP contribution in [0, 0.1) is 11.8 Å². The Hall–Kier alpha value is -0.760. The molecule has 6 nitrogen and oxygen atoms in total. The molecular formula is C25H51N3O3S. The molecule has 0 rings (SSSR count). The van der Waals surface area contributed by atoms with Gasteiger partial charge in [-0.25, -0.2) is 0 Å². The Bertz CT molecular complexity index is 495. The summed E-state index contributed by atoms with van der Waals surface area (Å²) in [6.45, 7) is 16.1. The van der Waals surface area contributed by atoms with Gasteiger partial charge in [0.1, 0.15) is 0 Å². The number of hydrogen-bond acceptors (Lipinski definition) is 6. The fraction of sp³-hybridized carbons (Fsp3) is 0.880. The van der Waals surface area contributed by atoms with Crippen LogP contribution in [0.2, 0.25) is 0 Å². The van der Waals surface area contributed by atoms with Gasteiger partial charge in [0.2, 0.25) is 5.91 Å². The number of aliphatic hydroxyl groups excluding tert-OH is 2. The summed E-state index contributed by atoms with van der Waals surface area (Å²) in [4.78, 5) is 14.2. The lowest BCUT2D eigenvalue weighted by molar-refractivity contribution is -0.121. The number of aliphatic hydroxyl groups is 2. The third-order valence-electron chi connectivity index (χ3n) is 6.78. The first-order valence-corrected chi connectivity index (χ1v) is 13.5. The largest absolute Gasteiger partial charge is 0.395 e. The van der Waals surface area contributed by atoms with Crippen molar-refractivity contribution in [2.24, 2.45) is 11.8 Å². The molecule has 0 aliphatic rings. The van der Waals surface area contributed by atoms with E-state index in [2.05, 4.69) is 63.2 Å². The highest BCUT2D eigenvalue weighted by atomic mass is 32.2. The van der Waals surface area contributed by atoms with Crippen molar-refractivity contribution in [3.05, 3.63) is 12.3 Å². The van der Waals surface area contributed by atoms with E-state index in [1.165, 1.54) is 0 Å². The second-order valence-corrected chi connectivity index (χ2v) is 10.7. The first kappa shape index (κ1) is 31.2. The fourth-order valence-corrected chi connectivity index (χ4v) is 4.74. The fourth-order valence-electron chi connectivity index (χ4n) is 3.64. The van der Waals surface area contributed by atoms with Crippen LogP contribution in [0.25, 0.3) is 0 Å². The van der Waals surface area contributed by atoms with Gasteiger partial charge in [-0.3, -0.25) is 9.69 Å². The Morgan fingerprint density at radius 1 is 1.09 bits per heavy atom. The van der Waals surface area contributed by atoms with Crippen LogP contribution in [0.15, 0.2) is 12.3 Å². The molecule has 0 aliphatic heterocycles. The van der Waals surface area contributed by atoms with E-state index in [-0.39, 0.29) is 25.2 Å². The third kappa shape index (κ3) is 13.1. The van der Waals surface area contributed by atoms with Crippen molar-refractivity contribution in [3.63, 3.8) is 0 Å². The molecule has 0 fully saturated rings. The predicted molar refractivity (Wildman–Crippen MR) is 139 cm³/mol. The van der Waals surface area contributed by atoms with Crippen molar-refractivity contribution in [3.8, 4) is 0 Å². The minimum atomic E-state index is 0.0781. The molecule has 0 bridgehead atoms. The number of carbonyl (C=O) groups excluding carboxylic acids is 1. The molecule has 0 saturated heterocycles.